The highest BCUT2D eigenvalue weighted by Crippen LogP contribution is 2.43. The Hall–Kier alpha value is -5.05. The van der Waals surface area contributed by atoms with Gasteiger partial charge < -0.3 is 28.8 Å². The molecule has 44 heavy (non-hydrogen) atoms. The van der Waals surface area contributed by atoms with Crippen LogP contribution in [0.5, 0.6) is 17.2 Å². The number of benzene rings is 3. The number of carbonyl (C=O) groups is 2. The molecule has 4 aromatic rings. The van der Waals surface area contributed by atoms with Gasteiger partial charge in [0, 0.05) is 37.5 Å². The van der Waals surface area contributed by atoms with Crippen molar-refractivity contribution in [2.45, 2.75) is 52.0 Å². The number of ketones is 1. The van der Waals surface area contributed by atoms with Crippen molar-refractivity contribution in [1.29, 1.82) is 0 Å². The van der Waals surface area contributed by atoms with Crippen LogP contribution in [0, 0.1) is 0 Å². The number of aryl methyl sites for hydroxylation is 1. The highest BCUT2D eigenvalue weighted by molar-refractivity contribution is 6.46. The monoisotopic (exact) mass is 593 g/mol. The Kier molecular flexibility index (Phi) is 8.36. The molecule has 226 valence electrons. The van der Waals surface area contributed by atoms with E-state index < -0.39 is 17.7 Å². The standard InChI is InChI=1S/C35H35N3O6/c1-3-42-30-20-25(10-13-29(30)43-21-24-8-5-4-6-9-24)32-31(33(39)26-11-12-28-27(19-26)18-23(2)44-28)34(40)35(41)38(32)16-7-15-37-17-14-36-22-37/h4-6,8-14,17,19-20,22-23,32,39H,3,7,15-16,18,21H2,1-2H3/b33-31-. The smallest absolute Gasteiger partial charge is 0.295 e. The van der Waals surface area contributed by atoms with Crippen molar-refractivity contribution in [1.82, 2.24) is 14.5 Å². The number of likely N-dealkylation sites (tertiary alicyclic amines) is 1. The van der Waals surface area contributed by atoms with E-state index in [1.807, 2.05) is 67.1 Å². The van der Waals surface area contributed by atoms with Crippen molar-refractivity contribution in [3.63, 3.8) is 0 Å². The second-order valence-electron chi connectivity index (χ2n) is 11.0. The van der Waals surface area contributed by atoms with E-state index in [4.69, 9.17) is 14.2 Å². The van der Waals surface area contributed by atoms with Gasteiger partial charge in [0.15, 0.2) is 11.5 Å². The Morgan fingerprint density at radius 3 is 2.64 bits per heavy atom. The maximum atomic E-state index is 13.6. The lowest BCUT2D eigenvalue weighted by Crippen LogP contribution is -2.31. The van der Waals surface area contributed by atoms with Gasteiger partial charge in [0.1, 0.15) is 24.2 Å². The molecule has 1 N–H and O–H groups in total. The minimum Gasteiger partial charge on any atom is -0.507 e. The number of aliphatic hydroxyl groups is 1. The van der Waals surface area contributed by atoms with E-state index in [0.717, 1.165) is 16.9 Å². The number of carbonyl (C=O) groups excluding carboxylic acids is 2. The molecule has 9 heteroatoms. The normalized spacial score (nSPS) is 18.7. The molecule has 2 aliphatic heterocycles. The van der Waals surface area contributed by atoms with E-state index in [1.165, 1.54) is 0 Å². The first-order valence-corrected chi connectivity index (χ1v) is 14.9. The molecule has 1 amide bonds. The van der Waals surface area contributed by atoms with Gasteiger partial charge >= 0.3 is 0 Å². The zero-order chi connectivity index (χ0) is 30.6. The number of amides is 1. The summed E-state index contributed by atoms with van der Waals surface area (Å²) in [6.45, 7) is 5.54. The Bertz CT molecular complexity index is 1680. The van der Waals surface area contributed by atoms with Gasteiger partial charge in [-0.05, 0) is 67.3 Å². The summed E-state index contributed by atoms with van der Waals surface area (Å²) < 4.78 is 19.8. The fourth-order valence-corrected chi connectivity index (χ4v) is 5.84. The van der Waals surface area contributed by atoms with Crippen molar-refractivity contribution in [2.24, 2.45) is 0 Å². The number of hydrogen-bond acceptors (Lipinski definition) is 7. The minimum atomic E-state index is -0.816. The summed E-state index contributed by atoms with van der Waals surface area (Å²) in [6, 6.07) is 19.8. The molecule has 2 unspecified atom stereocenters. The summed E-state index contributed by atoms with van der Waals surface area (Å²) in [5, 5.41) is 11.6. The van der Waals surface area contributed by atoms with Crippen LogP contribution in [0.3, 0.4) is 0 Å². The van der Waals surface area contributed by atoms with Gasteiger partial charge in [-0.25, -0.2) is 4.98 Å². The number of imidazole rings is 1. The van der Waals surface area contributed by atoms with E-state index in [9.17, 15) is 14.7 Å². The summed E-state index contributed by atoms with van der Waals surface area (Å²) >= 11 is 0. The summed E-state index contributed by atoms with van der Waals surface area (Å²) in [4.78, 5) is 32.8. The average molecular weight is 594 g/mol. The average Bonchev–Trinajstić information content (AvgIpc) is 3.75. The first-order chi connectivity index (χ1) is 21.4. The first-order valence-electron chi connectivity index (χ1n) is 14.9. The van der Waals surface area contributed by atoms with Gasteiger partial charge in [-0.2, -0.15) is 0 Å². The molecule has 2 atom stereocenters. The summed E-state index contributed by atoms with van der Waals surface area (Å²) in [6.07, 6.45) is 6.59. The minimum absolute atomic E-state index is 0.0306. The van der Waals surface area contributed by atoms with Crippen LogP contribution in [0.15, 0.2) is 91.0 Å². The fraction of sp³-hybridized carbons (Fsp3) is 0.286. The van der Waals surface area contributed by atoms with Crippen molar-refractivity contribution in [3.8, 4) is 17.2 Å². The molecule has 1 aromatic heterocycles. The Labute approximate surface area is 256 Å². The quantitative estimate of drug-likeness (QED) is 0.135. The SMILES string of the molecule is CCOc1cc(C2/C(=C(/O)c3ccc4c(c3)CC(C)O4)C(=O)C(=O)N2CCCn2ccnc2)ccc1OCc1ccccc1. The second kappa shape index (κ2) is 12.7. The molecule has 9 nitrogen and oxygen atoms in total. The third-order valence-corrected chi connectivity index (χ3v) is 7.90. The lowest BCUT2D eigenvalue weighted by molar-refractivity contribution is -0.139. The van der Waals surface area contributed by atoms with Crippen LogP contribution in [-0.2, 0) is 29.2 Å². The number of fused-ring (bicyclic) bond motifs is 1. The summed E-state index contributed by atoms with van der Waals surface area (Å²) in [5.41, 5.74) is 3.12. The lowest BCUT2D eigenvalue weighted by atomic mass is 9.94. The molecule has 3 aromatic carbocycles. The molecule has 0 saturated carbocycles. The number of aromatic nitrogens is 2. The maximum absolute atomic E-state index is 13.6. The van der Waals surface area contributed by atoms with E-state index in [1.54, 1.807) is 41.7 Å². The summed E-state index contributed by atoms with van der Waals surface area (Å²) in [7, 11) is 0. The van der Waals surface area contributed by atoms with Crippen molar-refractivity contribution in [2.75, 3.05) is 13.2 Å². The largest absolute Gasteiger partial charge is 0.507 e. The highest BCUT2D eigenvalue weighted by Gasteiger charge is 2.46. The number of rotatable bonds is 11. The third-order valence-electron chi connectivity index (χ3n) is 7.90. The number of nitrogens with zero attached hydrogens (tertiary/aromatic N) is 3. The Morgan fingerprint density at radius 2 is 1.86 bits per heavy atom. The molecule has 0 bridgehead atoms. The lowest BCUT2D eigenvalue weighted by Gasteiger charge is -2.26. The summed E-state index contributed by atoms with van der Waals surface area (Å²) in [5.74, 6) is 0.219. The zero-order valence-electron chi connectivity index (χ0n) is 24.8. The molecule has 1 saturated heterocycles. The molecule has 3 heterocycles. The van der Waals surface area contributed by atoms with E-state index in [-0.39, 0.29) is 17.4 Å². The molecule has 1 fully saturated rings. The van der Waals surface area contributed by atoms with Gasteiger partial charge in [-0.3, -0.25) is 9.59 Å². The van der Waals surface area contributed by atoms with Gasteiger partial charge in [0.05, 0.1) is 24.5 Å². The van der Waals surface area contributed by atoms with Crippen LogP contribution >= 0.6 is 0 Å². The van der Waals surface area contributed by atoms with E-state index >= 15 is 0 Å². The number of ether oxygens (including phenoxy) is 3. The van der Waals surface area contributed by atoms with Gasteiger partial charge in [-0.1, -0.05) is 36.4 Å². The predicted molar refractivity (Wildman–Crippen MR) is 164 cm³/mol. The Morgan fingerprint density at radius 1 is 1.02 bits per heavy atom. The molecule has 0 radical (unpaired) electrons. The first kappa shape index (κ1) is 29.0. The Balaban J connectivity index is 1.37. The third kappa shape index (κ3) is 5.90. The van der Waals surface area contributed by atoms with Crippen LogP contribution in [0.4, 0.5) is 0 Å². The molecule has 0 aliphatic carbocycles. The topological polar surface area (TPSA) is 103 Å². The molecular weight excluding hydrogens is 558 g/mol. The van der Waals surface area contributed by atoms with Crippen molar-refractivity contribution >= 4 is 17.4 Å². The second-order valence-corrected chi connectivity index (χ2v) is 11.0. The van der Waals surface area contributed by atoms with Gasteiger partial charge in [0.25, 0.3) is 11.7 Å². The predicted octanol–water partition coefficient (Wildman–Crippen LogP) is 5.70. The van der Waals surface area contributed by atoms with Crippen LogP contribution in [0.1, 0.15) is 48.6 Å². The number of Topliss-reactive ketones (excluding diaryl/α,β-unsaturated/α-hetero) is 1. The fourth-order valence-electron chi connectivity index (χ4n) is 5.84. The van der Waals surface area contributed by atoms with Crippen LogP contribution in [-0.4, -0.2) is 50.5 Å². The number of hydrogen-bond donors (Lipinski definition) is 1. The molecule has 6 rings (SSSR count). The van der Waals surface area contributed by atoms with Crippen LogP contribution in [0.2, 0.25) is 0 Å². The molecule has 2 aliphatic rings. The maximum Gasteiger partial charge on any atom is 0.295 e. The van der Waals surface area contributed by atoms with E-state index in [2.05, 4.69) is 4.98 Å². The molecular formula is C35H35N3O6. The highest BCUT2D eigenvalue weighted by atomic mass is 16.5. The number of aliphatic hydroxyl groups excluding tert-OH is 1. The van der Waals surface area contributed by atoms with Crippen molar-refractivity contribution < 1.29 is 28.9 Å². The van der Waals surface area contributed by atoms with Gasteiger partial charge in [0.2, 0.25) is 0 Å². The molecule has 0 spiro atoms. The van der Waals surface area contributed by atoms with Crippen LogP contribution in [0.25, 0.3) is 5.76 Å². The van der Waals surface area contributed by atoms with Crippen molar-refractivity contribution in [3.05, 3.63) is 113 Å². The van der Waals surface area contributed by atoms with Gasteiger partial charge in [-0.15, -0.1) is 0 Å². The van der Waals surface area contributed by atoms with Crippen LogP contribution < -0.4 is 14.2 Å². The van der Waals surface area contributed by atoms with E-state index in [0.29, 0.717) is 61.8 Å². The zero-order valence-corrected chi connectivity index (χ0v) is 24.8.